The Hall–Kier alpha value is -3.86. The first kappa shape index (κ1) is 23.8. The van der Waals surface area contributed by atoms with Crippen LogP contribution in [0.3, 0.4) is 0 Å². The van der Waals surface area contributed by atoms with Crippen LogP contribution < -0.4 is 21.9 Å². The minimum atomic E-state index is -4.66. The Balaban J connectivity index is 2.17. The summed E-state index contributed by atoms with van der Waals surface area (Å²) >= 11 is 0. The number of nitrogens with one attached hydrogen (secondary N) is 1. The van der Waals surface area contributed by atoms with Crippen molar-refractivity contribution in [1.82, 2.24) is 9.55 Å². The van der Waals surface area contributed by atoms with E-state index in [0.717, 1.165) is 21.6 Å². The van der Waals surface area contributed by atoms with Gasteiger partial charge in [-0.2, -0.15) is 13.2 Å². The van der Waals surface area contributed by atoms with E-state index in [0.29, 0.717) is 11.6 Å². The van der Waals surface area contributed by atoms with Crippen LogP contribution in [0.2, 0.25) is 0 Å². The number of aromatic nitrogens is 2. The number of alkyl halides is 3. The molecule has 0 bridgehead atoms. The van der Waals surface area contributed by atoms with Crippen LogP contribution in [-0.4, -0.2) is 29.2 Å². The van der Waals surface area contributed by atoms with Crippen molar-refractivity contribution in [3.05, 3.63) is 92.1 Å². The van der Waals surface area contributed by atoms with Gasteiger partial charge in [0.25, 0.3) is 11.5 Å². The van der Waals surface area contributed by atoms with Crippen molar-refractivity contribution >= 4 is 17.4 Å². The van der Waals surface area contributed by atoms with E-state index in [2.05, 4.69) is 4.98 Å². The molecule has 33 heavy (non-hydrogen) atoms. The summed E-state index contributed by atoms with van der Waals surface area (Å²) in [6.07, 6.45) is -4.66. The lowest BCUT2D eigenvalue weighted by Crippen LogP contribution is -2.41. The smallest absolute Gasteiger partial charge is 0.383 e. The molecule has 0 saturated heterocycles. The van der Waals surface area contributed by atoms with Gasteiger partial charge in [-0.05, 0) is 23.8 Å². The van der Waals surface area contributed by atoms with Gasteiger partial charge in [-0.1, -0.05) is 36.4 Å². The quantitative estimate of drug-likeness (QED) is 0.561. The molecule has 3 aromatic rings. The zero-order valence-electron chi connectivity index (χ0n) is 17.6. The largest absolute Gasteiger partial charge is 0.416 e. The third-order valence-electron chi connectivity index (χ3n) is 4.87. The summed E-state index contributed by atoms with van der Waals surface area (Å²) in [7, 11) is 1.41. The monoisotopic (exact) mass is 462 g/mol. The van der Waals surface area contributed by atoms with Gasteiger partial charge in [0, 0.05) is 12.7 Å². The highest BCUT2D eigenvalue weighted by Crippen LogP contribution is 2.30. The highest BCUT2D eigenvalue weighted by atomic mass is 19.4. The number of nitrogens with two attached hydrogens (primary N) is 1. The molecule has 0 atom stereocenters. The number of methoxy groups -OCH3 is 1. The molecule has 0 saturated carbocycles. The number of nitrogens with zero attached hydrogens (tertiary/aromatic N) is 2. The molecule has 2 aromatic carbocycles. The number of hydrogen-bond donors (Lipinski definition) is 2. The Bertz CT molecular complexity index is 1250. The number of H-pyrrole nitrogens is 1. The van der Waals surface area contributed by atoms with Gasteiger partial charge in [-0.3, -0.25) is 24.0 Å². The lowest BCUT2D eigenvalue weighted by Gasteiger charge is -2.25. The fourth-order valence-corrected chi connectivity index (χ4v) is 3.25. The molecule has 0 unspecified atom stereocenters. The predicted molar refractivity (Wildman–Crippen MR) is 116 cm³/mol. The molecule has 0 spiro atoms. The van der Waals surface area contributed by atoms with Crippen LogP contribution in [0.25, 0.3) is 0 Å². The standard InChI is InChI=1S/C22H21F3N4O4/c1-33-11-10-28-18(26)17(19(30)27-21(28)32)29(13-14-6-3-2-4-7-14)20(31)15-8-5-9-16(12-15)22(23,24)25/h2-9,12H,10-11,13,26H2,1H3,(H,27,30,32). The summed E-state index contributed by atoms with van der Waals surface area (Å²) < 4.78 is 45.6. The summed E-state index contributed by atoms with van der Waals surface area (Å²) in [6.45, 7) is -0.0938. The van der Waals surface area contributed by atoms with E-state index in [-0.39, 0.29) is 36.8 Å². The molecular weight excluding hydrogens is 441 g/mol. The molecule has 3 rings (SSSR count). The predicted octanol–water partition coefficient (Wildman–Crippen LogP) is 2.63. The first-order valence-electron chi connectivity index (χ1n) is 9.78. The molecular formula is C22H21F3N4O4. The minimum absolute atomic E-state index is 0.0120. The van der Waals surface area contributed by atoms with Crippen molar-refractivity contribution in [2.75, 3.05) is 24.4 Å². The molecule has 3 N–H and O–H groups in total. The van der Waals surface area contributed by atoms with Crippen LogP contribution in [-0.2, 0) is 24.0 Å². The van der Waals surface area contributed by atoms with Crippen LogP contribution in [0.15, 0.2) is 64.2 Å². The molecule has 0 fully saturated rings. The Kier molecular flexibility index (Phi) is 7.02. The lowest BCUT2D eigenvalue weighted by atomic mass is 10.1. The average molecular weight is 462 g/mol. The summed E-state index contributed by atoms with van der Waals surface area (Å²) in [5.74, 6) is -1.20. The van der Waals surface area contributed by atoms with Gasteiger partial charge in [0.1, 0.15) is 5.82 Å². The van der Waals surface area contributed by atoms with E-state index in [1.807, 2.05) is 0 Å². The second kappa shape index (κ2) is 9.74. The number of nitrogen functional groups attached to an aromatic ring is 1. The van der Waals surface area contributed by atoms with E-state index in [1.165, 1.54) is 13.2 Å². The Morgan fingerprint density at radius 2 is 1.82 bits per heavy atom. The van der Waals surface area contributed by atoms with Crippen molar-refractivity contribution < 1.29 is 22.7 Å². The van der Waals surface area contributed by atoms with Gasteiger partial charge in [-0.25, -0.2) is 4.79 Å². The number of hydrogen-bond acceptors (Lipinski definition) is 5. The molecule has 174 valence electrons. The normalized spacial score (nSPS) is 11.4. The van der Waals surface area contributed by atoms with Crippen LogP contribution >= 0.6 is 0 Å². The number of ether oxygens (including phenoxy) is 1. The fraction of sp³-hybridized carbons (Fsp3) is 0.227. The Morgan fingerprint density at radius 3 is 2.45 bits per heavy atom. The van der Waals surface area contributed by atoms with Crippen molar-refractivity contribution in [3.63, 3.8) is 0 Å². The molecule has 11 heteroatoms. The Labute approximate surface area is 186 Å². The van der Waals surface area contributed by atoms with Gasteiger partial charge >= 0.3 is 11.9 Å². The first-order chi connectivity index (χ1) is 15.6. The number of amides is 1. The molecule has 0 radical (unpaired) electrons. The molecule has 1 heterocycles. The SMILES string of the molecule is COCCn1c(N)c(N(Cc2ccccc2)C(=O)c2cccc(C(F)(F)F)c2)c(=O)[nH]c1=O. The molecule has 1 aromatic heterocycles. The molecule has 0 aliphatic carbocycles. The fourth-order valence-electron chi connectivity index (χ4n) is 3.25. The van der Waals surface area contributed by atoms with Crippen LogP contribution in [0.1, 0.15) is 21.5 Å². The number of carbonyl (C=O) groups is 1. The number of benzene rings is 2. The molecule has 1 amide bonds. The van der Waals surface area contributed by atoms with Gasteiger partial charge < -0.3 is 10.5 Å². The van der Waals surface area contributed by atoms with E-state index >= 15 is 0 Å². The number of anilines is 2. The number of halogens is 3. The number of carbonyl (C=O) groups excluding carboxylic acids is 1. The van der Waals surface area contributed by atoms with Crippen LogP contribution in [0.4, 0.5) is 24.7 Å². The van der Waals surface area contributed by atoms with E-state index in [9.17, 15) is 27.6 Å². The second-order valence-electron chi connectivity index (χ2n) is 7.09. The third-order valence-corrected chi connectivity index (χ3v) is 4.87. The summed E-state index contributed by atoms with van der Waals surface area (Å²) in [4.78, 5) is 41.4. The summed E-state index contributed by atoms with van der Waals surface area (Å²) in [6, 6.07) is 12.4. The van der Waals surface area contributed by atoms with Gasteiger partial charge in [0.05, 0.1) is 25.3 Å². The number of aromatic amines is 1. The summed E-state index contributed by atoms with van der Waals surface area (Å²) in [5, 5.41) is 0. The second-order valence-corrected chi connectivity index (χ2v) is 7.09. The molecule has 8 nitrogen and oxygen atoms in total. The maximum Gasteiger partial charge on any atom is 0.416 e. The van der Waals surface area contributed by atoms with E-state index in [1.54, 1.807) is 30.3 Å². The summed E-state index contributed by atoms with van der Waals surface area (Å²) in [5.41, 5.74) is 3.29. The molecule has 0 aliphatic heterocycles. The zero-order chi connectivity index (χ0) is 24.2. The zero-order valence-corrected chi connectivity index (χ0v) is 17.6. The Morgan fingerprint density at radius 1 is 1.12 bits per heavy atom. The van der Waals surface area contributed by atoms with Gasteiger partial charge in [-0.15, -0.1) is 0 Å². The van der Waals surface area contributed by atoms with Crippen LogP contribution in [0, 0.1) is 0 Å². The lowest BCUT2D eigenvalue weighted by molar-refractivity contribution is -0.137. The first-order valence-corrected chi connectivity index (χ1v) is 9.78. The van der Waals surface area contributed by atoms with E-state index < -0.39 is 28.9 Å². The van der Waals surface area contributed by atoms with E-state index in [4.69, 9.17) is 10.5 Å². The third kappa shape index (κ3) is 5.32. The molecule has 0 aliphatic rings. The highest BCUT2D eigenvalue weighted by Gasteiger charge is 2.32. The van der Waals surface area contributed by atoms with Crippen LogP contribution in [0.5, 0.6) is 0 Å². The number of rotatable bonds is 7. The van der Waals surface area contributed by atoms with Crippen molar-refractivity contribution in [2.45, 2.75) is 19.3 Å². The van der Waals surface area contributed by atoms with Crippen molar-refractivity contribution in [3.8, 4) is 0 Å². The topological polar surface area (TPSA) is 110 Å². The maximum absolute atomic E-state index is 13.4. The highest BCUT2D eigenvalue weighted by molar-refractivity contribution is 6.07. The van der Waals surface area contributed by atoms with Gasteiger partial charge in [0.15, 0.2) is 5.69 Å². The average Bonchev–Trinajstić information content (AvgIpc) is 2.78. The maximum atomic E-state index is 13.4. The van der Waals surface area contributed by atoms with Gasteiger partial charge in [0.2, 0.25) is 0 Å². The van der Waals surface area contributed by atoms with Crippen molar-refractivity contribution in [1.29, 1.82) is 0 Å². The minimum Gasteiger partial charge on any atom is -0.383 e. The van der Waals surface area contributed by atoms with Crippen molar-refractivity contribution in [2.24, 2.45) is 0 Å².